The van der Waals surface area contributed by atoms with Crippen molar-refractivity contribution in [2.45, 2.75) is 12.1 Å². The van der Waals surface area contributed by atoms with Crippen molar-refractivity contribution in [3.05, 3.63) is 81.9 Å². The summed E-state index contributed by atoms with van der Waals surface area (Å²) < 4.78 is 44.6. The molecule has 0 bridgehead atoms. The molecule has 25 heavy (non-hydrogen) atoms. The van der Waals surface area contributed by atoms with E-state index >= 15 is 0 Å². The van der Waals surface area contributed by atoms with E-state index in [-0.39, 0.29) is 18.0 Å². The van der Waals surface area contributed by atoms with Crippen molar-refractivity contribution in [1.29, 1.82) is 0 Å². The molecule has 3 rings (SSSR count). The van der Waals surface area contributed by atoms with E-state index in [1.54, 1.807) is 12.1 Å². The summed E-state index contributed by atoms with van der Waals surface area (Å²) in [5.74, 6) is -0.370. The second-order valence-corrected chi connectivity index (χ2v) is 6.32. The highest BCUT2D eigenvalue weighted by molar-refractivity contribution is 7.10. The number of carbonyl (C=O) groups excluding carboxylic acids is 1. The molecule has 1 N–H and O–H groups in total. The smallest absolute Gasteiger partial charge is 0.417 e. The normalized spacial score (nSPS) is 12.8. The summed E-state index contributed by atoms with van der Waals surface area (Å²) >= 11 is 1.49. The molecular formula is C18H14F3NO2S. The number of furan rings is 1. The monoisotopic (exact) mass is 365 g/mol. The van der Waals surface area contributed by atoms with Gasteiger partial charge in [-0.2, -0.15) is 13.2 Å². The third-order valence-electron chi connectivity index (χ3n) is 3.72. The zero-order valence-corrected chi connectivity index (χ0v) is 13.7. The lowest BCUT2D eigenvalue weighted by Crippen LogP contribution is -2.30. The lowest BCUT2D eigenvalue weighted by atomic mass is 10.0. The van der Waals surface area contributed by atoms with E-state index < -0.39 is 17.6 Å². The molecule has 1 aromatic carbocycles. The lowest BCUT2D eigenvalue weighted by molar-refractivity contribution is -0.137. The summed E-state index contributed by atoms with van der Waals surface area (Å²) in [7, 11) is 0. The Morgan fingerprint density at radius 1 is 1.12 bits per heavy atom. The van der Waals surface area contributed by atoms with Crippen LogP contribution in [0.1, 0.15) is 32.5 Å². The Morgan fingerprint density at radius 3 is 2.56 bits per heavy atom. The molecule has 2 aromatic heterocycles. The van der Waals surface area contributed by atoms with E-state index in [9.17, 15) is 18.0 Å². The van der Waals surface area contributed by atoms with Gasteiger partial charge in [0.05, 0.1) is 23.3 Å². The summed E-state index contributed by atoms with van der Waals surface area (Å²) in [4.78, 5) is 13.3. The molecule has 0 spiro atoms. The van der Waals surface area contributed by atoms with Gasteiger partial charge in [0, 0.05) is 11.4 Å². The van der Waals surface area contributed by atoms with E-state index in [0.717, 1.165) is 10.9 Å². The number of carbonyl (C=O) groups is 1. The predicted octanol–water partition coefficient (Wildman–Crippen LogP) is 4.92. The van der Waals surface area contributed by atoms with E-state index in [4.69, 9.17) is 4.42 Å². The number of thiophene rings is 1. The minimum absolute atomic E-state index is 0.138. The van der Waals surface area contributed by atoms with Gasteiger partial charge in [-0.3, -0.25) is 4.79 Å². The number of benzene rings is 1. The first kappa shape index (κ1) is 17.3. The van der Waals surface area contributed by atoms with Gasteiger partial charge in [-0.25, -0.2) is 0 Å². The van der Waals surface area contributed by atoms with Crippen LogP contribution in [0, 0.1) is 0 Å². The Bertz CT molecular complexity index is 792. The van der Waals surface area contributed by atoms with Crippen LogP contribution < -0.4 is 5.32 Å². The molecule has 0 saturated heterocycles. The highest BCUT2D eigenvalue weighted by Gasteiger charge is 2.35. The maximum Gasteiger partial charge on any atom is 0.417 e. The van der Waals surface area contributed by atoms with E-state index in [1.165, 1.54) is 35.8 Å². The molecule has 0 saturated carbocycles. The first-order chi connectivity index (χ1) is 12.0. The standard InChI is InChI=1S/C18H14F3NO2S/c19-18(20,21)14-6-2-1-5-12(14)17(23)22-11-13(15-7-3-9-24-15)16-8-4-10-25-16/h1-10,13H,11H2,(H,22,23). The first-order valence-corrected chi connectivity index (χ1v) is 8.36. The molecule has 1 amide bonds. The van der Waals surface area contributed by atoms with E-state index in [0.29, 0.717) is 5.76 Å². The van der Waals surface area contributed by atoms with Gasteiger partial charge in [0.15, 0.2) is 0 Å². The van der Waals surface area contributed by atoms with Crippen molar-refractivity contribution in [1.82, 2.24) is 5.32 Å². The molecule has 7 heteroatoms. The molecule has 0 fully saturated rings. The maximum atomic E-state index is 13.1. The van der Waals surface area contributed by atoms with Crippen LogP contribution >= 0.6 is 11.3 Å². The largest absolute Gasteiger partial charge is 0.469 e. The van der Waals surface area contributed by atoms with E-state index in [2.05, 4.69) is 5.32 Å². The summed E-state index contributed by atoms with van der Waals surface area (Å²) in [6.45, 7) is 0.138. The maximum absolute atomic E-state index is 13.1. The van der Waals surface area contributed by atoms with Crippen molar-refractivity contribution in [2.24, 2.45) is 0 Å². The molecule has 2 heterocycles. The zero-order chi connectivity index (χ0) is 17.9. The molecule has 0 aliphatic heterocycles. The molecule has 130 valence electrons. The fourth-order valence-corrected chi connectivity index (χ4v) is 3.37. The summed E-state index contributed by atoms with van der Waals surface area (Å²) in [6.07, 6.45) is -3.06. The highest BCUT2D eigenvalue weighted by Crippen LogP contribution is 2.32. The predicted molar refractivity (Wildman–Crippen MR) is 88.6 cm³/mol. The molecule has 1 atom stereocenters. The molecule has 3 aromatic rings. The van der Waals surface area contributed by atoms with Crippen LogP contribution in [0.15, 0.2) is 64.6 Å². The fraction of sp³-hybridized carbons (Fsp3) is 0.167. The number of rotatable bonds is 5. The number of hydrogen-bond acceptors (Lipinski definition) is 3. The molecule has 3 nitrogen and oxygen atoms in total. The quantitative estimate of drug-likeness (QED) is 0.697. The summed E-state index contributed by atoms with van der Waals surface area (Å²) in [5.41, 5.74) is -1.34. The van der Waals surface area contributed by atoms with Gasteiger partial charge in [-0.15, -0.1) is 11.3 Å². The Hall–Kier alpha value is -2.54. The van der Waals surface area contributed by atoms with Crippen molar-refractivity contribution in [3.8, 4) is 0 Å². The van der Waals surface area contributed by atoms with Crippen LogP contribution in [0.2, 0.25) is 0 Å². The number of halogens is 3. The number of nitrogens with one attached hydrogen (secondary N) is 1. The molecular weight excluding hydrogens is 351 g/mol. The van der Waals surface area contributed by atoms with Gasteiger partial charge >= 0.3 is 6.18 Å². The zero-order valence-electron chi connectivity index (χ0n) is 12.9. The summed E-state index contributed by atoms with van der Waals surface area (Å²) in [6, 6.07) is 12.0. The average molecular weight is 365 g/mol. The third kappa shape index (κ3) is 3.93. The lowest BCUT2D eigenvalue weighted by Gasteiger charge is -2.16. The van der Waals surface area contributed by atoms with Crippen molar-refractivity contribution in [2.75, 3.05) is 6.54 Å². The third-order valence-corrected chi connectivity index (χ3v) is 4.70. The SMILES string of the molecule is O=C(NCC(c1ccco1)c1cccs1)c1ccccc1C(F)(F)F. The molecule has 1 unspecified atom stereocenters. The highest BCUT2D eigenvalue weighted by atomic mass is 32.1. The fourth-order valence-electron chi connectivity index (χ4n) is 2.54. The molecule has 0 radical (unpaired) electrons. The Balaban J connectivity index is 1.80. The number of alkyl halides is 3. The van der Waals surface area contributed by atoms with Crippen molar-refractivity contribution < 1.29 is 22.4 Å². The Morgan fingerprint density at radius 2 is 1.92 bits per heavy atom. The van der Waals surface area contributed by atoms with Crippen LogP contribution in [0.25, 0.3) is 0 Å². The number of hydrogen-bond donors (Lipinski definition) is 1. The number of amides is 1. The van der Waals surface area contributed by atoms with Crippen LogP contribution in [-0.2, 0) is 6.18 Å². The minimum Gasteiger partial charge on any atom is -0.469 e. The molecule has 0 aliphatic carbocycles. The van der Waals surface area contributed by atoms with Gasteiger partial charge in [0.25, 0.3) is 5.91 Å². The summed E-state index contributed by atoms with van der Waals surface area (Å²) in [5, 5.41) is 4.49. The second kappa shape index (κ2) is 7.14. The van der Waals surface area contributed by atoms with Crippen LogP contribution in [-0.4, -0.2) is 12.5 Å². The van der Waals surface area contributed by atoms with Crippen LogP contribution in [0.4, 0.5) is 13.2 Å². The van der Waals surface area contributed by atoms with Crippen molar-refractivity contribution >= 4 is 17.2 Å². The van der Waals surface area contributed by atoms with Gasteiger partial charge in [-0.05, 0) is 35.7 Å². The minimum atomic E-state index is -4.58. The van der Waals surface area contributed by atoms with E-state index in [1.807, 2.05) is 17.5 Å². The Kier molecular flexibility index (Phi) is 4.94. The molecule has 0 aliphatic rings. The van der Waals surface area contributed by atoms with Crippen molar-refractivity contribution in [3.63, 3.8) is 0 Å². The van der Waals surface area contributed by atoms with Gasteiger partial charge < -0.3 is 9.73 Å². The van der Waals surface area contributed by atoms with Crippen LogP contribution in [0.5, 0.6) is 0 Å². The van der Waals surface area contributed by atoms with Gasteiger partial charge in [0.1, 0.15) is 5.76 Å². The van der Waals surface area contributed by atoms with Gasteiger partial charge in [-0.1, -0.05) is 18.2 Å². The van der Waals surface area contributed by atoms with Crippen LogP contribution in [0.3, 0.4) is 0 Å². The Labute approximate surface area is 146 Å². The van der Waals surface area contributed by atoms with Gasteiger partial charge in [0.2, 0.25) is 0 Å². The average Bonchev–Trinajstić information content (AvgIpc) is 3.28. The first-order valence-electron chi connectivity index (χ1n) is 7.48. The second-order valence-electron chi connectivity index (χ2n) is 5.34. The topological polar surface area (TPSA) is 42.2 Å².